The lowest BCUT2D eigenvalue weighted by Gasteiger charge is -2.31. The lowest BCUT2D eigenvalue weighted by Crippen LogP contribution is -2.43. The van der Waals surface area contributed by atoms with Gasteiger partial charge < -0.3 is 14.2 Å². The number of thiophene rings is 1. The number of nitrogens with zero attached hydrogens (tertiary/aromatic N) is 4. The molecular formula is C17H19N5O3S. The first-order valence-corrected chi connectivity index (χ1v) is 9.27. The Kier molecular flexibility index (Phi) is 4.56. The zero-order valence-electron chi connectivity index (χ0n) is 14.6. The Hall–Kier alpha value is -2.52. The van der Waals surface area contributed by atoms with Crippen LogP contribution >= 0.6 is 11.3 Å². The van der Waals surface area contributed by atoms with Crippen molar-refractivity contribution < 1.29 is 14.1 Å². The molecule has 1 N–H and O–H groups in total. The van der Waals surface area contributed by atoms with E-state index in [1.54, 1.807) is 16.2 Å². The summed E-state index contributed by atoms with van der Waals surface area (Å²) in [5.74, 6) is 0.997. The van der Waals surface area contributed by atoms with Crippen LogP contribution in [0.2, 0.25) is 0 Å². The van der Waals surface area contributed by atoms with Gasteiger partial charge in [-0.2, -0.15) is 10.1 Å². The second-order valence-electron chi connectivity index (χ2n) is 6.22. The first kappa shape index (κ1) is 16.9. The average Bonchev–Trinajstić information content (AvgIpc) is 3.39. The highest BCUT2D eigenvalue weighted by Gasteiger charge is 2.30. The van der Waals surface area contributed by atoms with Crippen LogP contribution in [0.4, 0.5) is 0 Å². The Morgan fingerprint density at radius 1 is 1.46 bits per heavy atom. The zero-order chi connectivity index (χ0) is 18.1. The molecule has 0 spiro atoms. The fourth-order valence-electron chi connectivity index (χ4n) is 2.99. The van der Waals surface area contributed by atoms with Crippen molar-refractivity contribution in [3.8, 4) is 10.7 Å². The van der Waals surface area contributed by atoms with E-state index in [2.05, 4.69) is 20.3 Å². The monoisotopic (exact) mass is 373 g/mol. The summed E-state index contributed by atoms with van der Waals surface area (Å²) >= 11 is 1.55. The van der Waals surface area contributed by atoms with Gasteiger partial charge in [0.1, 0.15) is 0 Å². The molecule has 9 heteroatoms. The Labute approximate surface area is 154 Å². The van der Waals surface area contributed by atoms with Crippen LogP contribution in [0.15, 0.2) is 22.0 Å². The normalized spacial score (nSPS) is 17.6. The van der Waals surface area contributed by atoms with E-state index in [1.807, 2.05) is 31.4 Å². The highest BCUT2D eigenvalue weighted by atomic mass is 32.1. The summed E-state index contributed by atoms with van der Waals surface area (Å²) in [6, 6.07) is 3.87. The van der Waals surface area contributed by atoms with Crippen molar-refractivity contribution in [1.29, 1.82) is 0 Å². The van der Waals surface area contributed by atoms with Gasteiger partial charge in [-0.05, 0) is 25.3 Å². The lowest BCUT2D eigenvalue weighted by molar-refractivity contribution is -0.139. The summed E-state index contributed by atoms with van der Waals surface area (Å²) in [5.41, 5.74) is 2.74. The number of hydrogen-bond acceptors (Lipinski definition) is 7. The first-order valence-electron chi connectivity index (χ1n) is 8.39. The number of nitrogens with one attached hydrogen (secondary N) is 1. The molecule has 26 heavy (non-hydrogen) atoms. The molecule has 3 aromatic heterocycles. The van der Waals surface area contributed by atoms with E-state index < -0.39 is 6.10 Å². The zero-order valence-corrected chi connectivity index (χ0v) is 15.4. The van der Waals surface area contributed by atoms with E-state index >= 15 is 0 Å². The molecule has 136 valence electrons. The molecule has 1 atom stereocenters. The van der Waals surface area contributed by atoms with E-state index in [-0.39, 0.29) is 5.91 Å². The number of H-pyrrole nitrogens is 1. The molecule has 1 fully saturated rings. The average molecular weight is 373 g/mol. The van der Waals surface area contributed by atoms with Gasteiger partial charge in [-0.1, -0.05) is 11.2 Å². The molecule has 0 aromatic carbocycles. The fourth-order valence-corrected chi connectivity index (χ4v) is 3.64. The minimum Gasteiger partial charge on any atom is -0.365 e. The third-order valence-corrected chi connectivity index (χ3v) is 5.35. The van der Waals surface area contributed by atoms with Crippen molar-refractivity contribution in [1.82, 2.24) is 25.2 Å². The fraction of sp³-hybridized carbons (Fsp3) is 0.412. The number of morpholine rings is 1. The predicted molar refractivity (Wildman–Crippen MR) is 94.6 cm³/mol. The smallest absolute Gasteiger partial charge is 0.257 e. The Balaban J connectivity index is 1.45. The molecule has 1 saturated heterocycles. The van der Waals surface area contributed by atoms with E-state index in [0.29, 0.717) is 37.8 Å². The molecule has 1 amide bonds. The SMILES string of the molecule is Cc1n[nH]c(C)c1CC(=O)N1CCO[C@@H](c2nc(-c3cccs3)no2)C1. The maximum absolute atomic E-state index is 12.7. The number of aromatic amines is 1. The van der Waals surface area contributed by atoms with Crippen molar-refractivity contribution in [3.63, 3.8) is 0 Å². The number of amides is 1. The minimum absolute atomic E-state index is 0.0453. The second kappa shape index (κ2) is 7.00. The molecule has 0 unspecified atom stereocenters. The summed E-state index contributed by atoms with van der Waals surface area (Å²) in [4.78, 5) is 19.9. The third kappa shape index (κ3) is 3.27. The predicted octanol–water partition coefficient (Wildman–Crippen LogP) is 2.28. The van der Waals surface area contributed by atoms with Gasteiger partial charge in [0, 0.05) is 17.8 Å². The van der Waals surface area contributed by atoms with Gasteiger partial charge in [0.2, 0.25) is 11.7 Å². The van der Waals surface area contributed by atoms with Gasteiger partial charge in [0.05, 0.1) is 30.1 Å². The summed E-state index contributed by atoms with van der Waals surface area (Å²) in [6.45, 7) is 5.22. The number of hydrogen-bond donors (Lipinski definition) is 1. The Morgan fingerprint density at radius 3 is 3.08 bits per heavy atom. The van der Waals surface area contributed by atoms with Crippen LogP contribution in [0.25, 0.3) is 10.7 Å². The highest BCUT2D eigenvalue weighted by Crippen LogP contribution is 2.26. The van der Waals surface area contributed by atoms with Crippen LogP contribution in [-0.2, 0) is 16.0 Å². The van der Waals surface area contributed by atoms with Crippen LogP contribution in [0.5, 0.6) is 0 Å². The summed E-state index contributed by atoms with van der Waals surface area (Å²) in [5, 5.41) is 13.0. The van der Waals surface area contributed by atoms with Gasteiger partial charge in [-0.3, -0.25) is 9.89 Å². The molecule has 1 aliphatic heterocycles. The molecule has 3 aromatic rings. The van der Waals surface area contributed by atoms with Gasteiger partial charge in [0.25, 0.3) is 5.89 Å². The quantitative estimate of drug-likeness (QED) is 0.753. The van der Waals surface area contributed by atoms with Crippen LogP contribution < -0.4 is 0 Å². The van der Waals surface area contributed by atoms with Crippen molar-refractivity contribution in [3.05, 3.63) is 40.4 Å². The van der Waals surface area contributed by atoms with Crippen LogP contribution in [0.3, 0.4) is 0 Å². The molecule has 0 saturated carbocycles. The second-order valence-corrected chi connectivity index (χ2v) is 7.17. The number of aryl methyl sites for hydroxylation is 2. The van der Waals surface area contributed by atoms with Crippen molar-refractivity contribution in [2.45, 2.75) is 26.4 Å². The van der Waals surface area contributed by atoms with Gasteiger partial charge in [0.15, 0.2) is 6.10 Å². The van der Waals surface area contributed by atoms with E-state index in [4.69, 9.17) is 9.26 Å². The van der Waals surface area contributed by atoms with Crippen molar-refractivity contribution in [2.24, 2.45) is 0 Å². The number of ether oxygens (including phenoxy) is 1. The molecule has 0 radical (unpaired) electrons. The van der Waals surface area contributed by atoms with Crippen molar-refractivity contribution >= 4 is 17.2 Å². The molecule has 1 aliphatic rings. The van der Waals surface area contributed by atoms with Crippen molar-refractivity contribution in [2.75, 3.05) is 19.7 Å². The molecular weight excluding hydrogens is 354 g/mol. The van der Waals surface area contributed by atoms with Gasteiger partial charge in [-0.25, -0.2) is 0 Å². The van der Waals surface area contributed by atoms with E-state index in [1.165, 1.54) is 0 Å². The molecule has 4 heterocycles. The lowest BCUT2D eigenvalue weighted by atomic mass is 10.1. The maximum Gasteiger partial charge on any atom is 0.257 e. The van der Waals surface area contributed by atoms with Crippen LogP contribution in [-0.4, -0.2) is 50.8 Å². The topological polar surface area (TPSA) is 97.1 Å². The van der Waals surface area contributed by atoms with Gasteiger partial charge >= 0.3 is 0 Å². The highest BCUT2D eigenvalue weighted by molar-refractivity contribution is 7.13. The molecule has 0 bridgehead atoms. The Morgan fingerprint density at radius 2 is 2.35 bits per heavy atom. The minimum atomic E-state index is -0.402. The standard InChI is InChI=1S/C17H19N5O3S/c1-10-12(11(2)20-19-10)8-15(23)22-5-6-24-13(9-22)17-18-16(21-25-17)14-4-3-7-26-14/h3-4,7,13H,5-6,8-9H2,1-2H3,(H,19,20)/t13-/m1/s1. The van der Waals surface area contributed by atoms with Gasteiger partial charge in [-0.15, -0.1) is 11.3 Å². The number of carbonyl (C=O) groups excluding carboxylic acids is 1. The first-order chi connectivity index (χ1) is 12.6. The third-order valence-electron chi connectivity index (χ3n) is 4.49. The van der Waals surface area contributed by atoms with Crippen LogP contribution in [0.1, 0.15) is 28.9 Å². The molecule has 4 rings (SSSR count). The summed E-state index contributed by atoms with van der Waals surface area (Å²) in [7, 11) is 0. The Bertz CT molecular complexity index is 882. The maximum atomic E-state index is 12.7. The van der Waals surface area contributed by atoms with E-state index in [9.17, 15) is 4.79 Å². The molecule has 0 aliphatic carbocycles. The van der Waals surface area contributed by atoms with Crippen LogP contribution in [0, 0.1) is 13.8 Å². The number of carbonyl (C=O) groups is 1. The summed E-state index contributed by atoms with van der Waals surface area (Å²) in [6.07, 6.45) is -0.0778. The molecule has 8 nitrogen and oxygen atoms in total. The number of aromatic nitrogens is 4. The van der Waals surface area contributed by atoms with E-state index in [0.717, 1.165) is 21.8 Å². The largest absolute Gasteiger partial charge is 0.365 e. The number of rotatable bonds is 4. The summed E-state index contributed by atoms with van der Waals surface area (Å²) < 4.78 is 11.1.